The molecule has 27 heavy (non-hydrogen) atoms. The maximum absolute atomic E-state index is 12.7. The number of amides is 1. The Labute approximate surface area is 159 Å². The second-order valence-corrected chi connectivity index (χ2v) is 8.56. The lowest BCUT2D eigenvalue weighted by Crippen LogP contribution is -2.51. The van der Waals surface area contributed by atoms with Crippen molar-refractivity contribution in [1.82, 2.24) is 9.21 Å². The Kier molecular flexibility index (Phi) is 7.34. The molecule has 1 heterocycles. The van der Waals surface area contributed by atoms with E-state index in [2.05, 4.69) is 0 Å². The first-order chi connectivity index (χ1) is 12.7. The maximum Gasteiger partial charge on any atom is 0.318 e. The van der Waals surface area contributed by atoms with E-state index < -0.39 is 28.6 Å². The minimum atomic E-state index is -3.69. The van der Waals surface area contributed by atoms with Gasteiger partial charge >= 0.3 is 5.97 Å². The molecule has 0 radical (unpaired) electrons. The number of carbonyl (C=O) groups excluding carboxylic acids is 1. The number of hydrogen-bond acceptors (Lipinski definition) is 5. The summed E-state index contributed by atoms with van der Waals surface area (Å²) in [6.45, 7) is 2.27. The van der Waals surface area contributed by atoms with Gasteiger partial charge in [-0.05, 0) is 17.5 Å². The van der Waals surface area contributed by atoms with E-state index in [1.165, 1.54) is 0 Å². The van der Waals surface area contributed by atoms with Crippen LogP contribution in [0.3, 0.4) is 0 Å². The quantitative estimate of drug-likeness (QED) is 0.678. The fourth-order valence-corrected chi connectivity index (χ4v) is 3.88. The van der Waals surface area contributed by atoms with Gasteiger partial charge in [0, 0.05) is 19.6 Å². The van der Waals surface area contributed by atoms with E-state index in [-0.39, 0.29) is 32.0 Å². The van der Waals surface area contributed by atoms with Gasteiger partial charge in [0.25, 0.3) is 0 Å². The molecule has 8 nitrogen and oxygen atoms in total. The van der Waals surface area contributed by atoms with Crippen LogP contribution in [-0.2, 0) is 37.2 Å². The number of aliphatic carboxylic acids is 1. The Bertz CT molecular complexity index is 780. The first-order valence-electron chi connectivity index (χ1n) is 8.83. The molecule has 0 aromatic heterocycles. The topological polar surface area (TPSA) is 104 Å². The van der Waals surface area contributed by atoms with Crippen molar-refractivity contribution in [1.29, 1.82) is 0 Å². The zero-order valence-electron chi connectivity index (χ0n) is 15.6. The summed E-state index contributed by atoms with van der Waals surface area (Å²) >= 11 is 0. The molecule has 1 saturated heterocycles. The van der Waals surface area contributed by atoms with Crippen LogP contribution in [0.25, 0.3) is 0 Å². The number of ether oxygens (including phenoxy) is 1. The highest BCUT2D eigenvalue weighted by Gasteiger charge is 2.29. The van der Waals surface area contributed by atoms with Crippen molar-refractivity contribution in [2.24, 2.45) is 0 Å². The van der Waals surface area contributed by atoms with Crippen LogP contribution in [-0.4, -0.2) is 79.8 Å². The van der Waals surface area contributed by atoms with Gasteiger partial charge in [-0.15, -0.1) is 0 Å². The van der Waals surface area contributed by atoms with Gasteiger partial charge in [-0.2, -0.15) is 4.31 Å². The second-order valence-electron chi connectivity index (χ2n) is 6.58. The molecule has 0 bridgehead atoms. The average Bonchev–Trinajstić information content (AvgIpc) is 2.60. The molecule has 1 unspecified atom stereocenters. The number of carboxylic acid groups (broad SMARTS) is 1. The minimum absolute atomic E-state index is 0.0478. The normalized spacial score (nSPS) is 17.9. The molecule has 1 aliphatic rings. The summed E-state index contributed by atoms with van der Waals surface area (Å²) < 4.78 is 30.0. The molecule has 0 aliphatic carbocycles. The molecular formula is C18H26N2O6S. The number of hydrogen-bond donors (Lipinski definition) is 1. The van der Waals surface area contributed by atoms with Crippen LogP contribution < -0.4 is 0 Å². The number of carboxylic acids is 1. The molecule has 1 aromatic rings. The Morgan fingerprint density at radius 1 is 1.30 bits per heavy atom. The summed E-state index contributed by atoms with van der Waals surface area (Å²) in [6, 6.07) is 7.78. The summed E-state index contributed by atoms with van der Waals surface area (Å²) in [4.78, 5) is 25.3. The number of morpholine rings is 1. The summed E-state index contributed by atoms with van der Waals surface area (Å²) in [5.41, 5.74) is 2.11. The van der Waals surface area contributed by atoms with Gasteiger partial charge < -0.3 is 14.7 Å². The third kappa shape index (κ3) is 6.30. The van der Waals surface area contributed by atoms with Crippen LogP contribution in [0.15, 0.2) is 24.3 Å². The van der Waals surface area contributed by atoms with Crippen molar-refractivity contribution >= 4 is 21.9 Å². The van der Waals surface area contributed by atoms with E-state index in [9.17, 15) is 18.0 Å². The van der Waals surface area contributed by atoms with Crippen LogP contribution >= 0.6 is 0 Å². The smallest absolute Gasteiger partial charge is 0.318 e. The van der Waals surface area contributed by atoms with E-state index in [0.29, 0.717) is 6.54 Å². The number of carbonyl (C=O) groups is 2. The maximum atomic E-state index is 12.7. The van der Waals surface area contributed by atoms with Crippen molar-refractivity contribution in [3.8, 4) is 0 Å². The molecule has 9 heteroatoms. The molecule has 0 spiro atoms. The lowest BCUT2D eigenvalue weighted by Gasteiger charge is -2.35. The van der Waals surface area contributed by atoms with Crippen molar-refractivity contribution in [3.05, 3.63) is 35.4 Å². The van der Waals surface area contributed by atoms with E-state index >= 15 is 0 Å². The van der Waals surface area contributed by atoms with Crippen LogP contribution in [0.2, 0.25) is 0 Å². The fourth-order valence-electron chi connectivity index (χ4n) is 3.10. The lowest BCUT2D eigenvalue weighted by molar-refractivity contribution is -0.140. The highest BCUT2D eigenvalue weighted by molar-refractivity contribution is 7.88. The third-order valence-electron chi connectivity index (χ3n) is 4.52. The molecule has 1 N–H and O–H groups in total. The lowest BCUT2D eigenvalue weighted by atomic mass is 10.0. The highest BCUT2D eigenvalue weighted by Crippen LogP contribution is 2.14. The Balaban J connectivity index is 2.02. The summed E-state index contributed by atoms with van der Waals surface area (Å²) in [5.74, 6) is -1.28. The number of sulfonamides is 1. The van der Waals surface area contributed by atoms with E-state index in [1.54, 1.807) is 4.90 Å². The molecular weight excluding hydrogens is 372 g/mol. The predicted octanol–water partition coefficient (Wildman–Crippen LogP) is 0.365. The average molecular weight is 398 g/mol. The van der Waals surface area contributed by atoms with Crippen molar-refractivity contribution in [3.63, 3.8) is 0 Å². The molecule has 0 saturated carbocycles. The van der Waals surface area contributed by atoms with Crippen molar-refractivity contribution in [2.45, 2.75) is 25.9 Å². The Hall–Kier alpha value is -1.97. The number of nitrogens with zero attached hydrogens (tertiary/aromatic N) is 2. The van der Waals surface area contributed by atoms with Gasteiger partial charge in [0.15, 0.2) is 0 Å². The predicted molar refractivity (Wildman–Crippen MR) is 99.9 cm³/mol. The van der Waals surface area contributed by atoms with Crippen molar-refractivity contribution < 1.29 is 27.9 Å². The second kappa shape index (κ2) is 9.29. The Morgan fingerprint density at radius 2 is 1.96 bits per heavy atom. The summed E-state index contributed by atoms with van der Waals surface area (Å²) in [7, 11) is -3.69. The number of aryl methyl sites for hydroxylation is 1. The van der Waals surface area contributed by atoms with Gasteiger partial charge in [-0.25, -0.2) is 8.42 Å². The van der Waals surface area contributed by atoms with Gasteiger partial charge in [0.05, 0.1) is 25.4 Å². The van der Waals surface area contributed by atoms with Crippen LogP contribution in [0.4, 0.5) is 0 Å². The number of rotatable bonds is 8. The third-order valence-corrected chi connectivity index (χ3v) is 5.74. The zero-order valence-corrected chi connectivity index (χ0v) is 16.4. The van der Waals surface area contributed by atoms with E-state index in [4.69, 9.17) is 9.84 Å². The number of benzene rings is 1. The molecule has 1 aromatic carbocycles. The van der Waals surface area contributed by atoms with Gasteiger partial charge in [0.2, 0.25) is 15.9 Å². The van der Waals surface area contributed by atoms with E-state index in [0.717, 1.165) is 28.1 Å². The van der Waals surface area contributed by atoms with Crippen LogP contribution in [0, 0.1) is 0 Å². The molecule has 1 atom stereocenters. The summed E-state index contributed by atoms with van der Waals surface area (Å²) in [5, 5.41) is 8.92. The standard InChI is InChI=1S/C18H26N2O6S/c1-3-14-6-4-5-7-15(14)10-17(21)19-8-9-26-16(11-19)12-20(13-18(22)23)27(2,24)25/h4-7,16H,3,8-13H2,1-2H3,(H,22,23). The zero-order chi connectivity index (χ0) is 20.0. The first kappa shape index (κ1) is 21.3. The molecule has 2 rings (SSSR count). The monoisotopic (exact) mass is 398 g/mol. The van der Waals surface area contributed by atoms with Gasteiger partial charge in [0.1, 0.15) is 6.54 Å². The molecule has 1 amide bonds. The largest absolute Gasteiger partial charge is 0.480 e. The molecule has 1 aliphatic heterocycles. The van der Waals surface area contributed by atoms with Gasteiger partial charge in [-0.3, -0.25) is 9.59 Å². The summed E-state index contributed by atoms with van der Waals surface area (Å²) in [6.07, 6.45) is 1.52. The van der Waals surface area contributed by atoms with Crippen LogP contribution in [0.1, 0.15) is 18.1 Å². The first-order valence-corrected chi connectivity index (χ1v) is 10.7. The van der Waals surface area contributed by atoms with Crippen molar-refractivity contribution in [2.75, 3.05) is 39.0 Å². The minimum Gasteiger partial charge on any atom is -0.480 e. The van der Waals surface area contributed by atoms with Gasteiger partial charge in [-0.1, -0.05) is 31.2 Å². The highest BCUT2D eigenvalue weighted by atomic mass is 32.2. The molecule has 150 valence electrons. The molecule has 1 fully saturated rings. The fraction of sp³-hybridized carbons (Fsp3) is 0.556. The van der Waals surface area contributed by atoms with Crippen LogP contribution in [0.5, 0.6) is 0 Å². The van der Waals surface area contributed by atoms with E-state index in [1.807, 2.05) is 31.2 Å². The SMILES string of the molecule is CCc1ccccc1CC(=O)N1CCOC(CN(CC(=O)O)S(C)(=O)=O)C1. The Morgan fingerprint density at radius 3 is 2.56 bits per heavy atom.